The molecule has 1 unspecified atom stereocenters. The molecule has 100 valence electrons. The van der Waals surface area contributed by atoms with E-state index in [2.05, 4.69) is 5.32 Å². The highest BCUT2D eigenvalue weighted by Crippen LogP contribution is 2.41. The van der Waals surface area contributed by atoms with Crippen LogP contribution in [0.4, 0.5) is 13.2 Å². The van der Waals surface area contributed by atoms with Crippen molar-refractivity contribution < 1.29 is 23.1 Å². The molecule has 1 rings (SSSR count). The summed E-state index contributed by atoms with van der Waals surface area (Å²) in [4.78, 5) is 11.8. The first-order chi connectivity index (χ1) is 7.82. The van der Waals surface area contributed by atoms with E-state index in [4.69, 9.17) is 5.11 Å². The third-order valence-corrected chi connectivity index (χ3v) is 3.55. The van der Waals surface area contributed by atoms with Gasteiger partial charge in [-0.1, -0.05) is 19.8 Å². The van der Waals surface area contributed by atoms with Gasteiger partial charge in [0.25, 0.3) is 0 Å². The zero-order valence-electron chi connectivity index (χ0n) is 9.81. The first-order valence-corrected chi connectivity index (χ1v) is 5.85. The molecule has 1 aliphatic carbocycles. The van der Waals surface area contributed by atoms with Gasteiger partial charge in [-0.3, -0.25) is 4.79 Å². The van der Waals surface area contributed by atoms with Gasteiger partial charge in [-0.15, -0.1) is 0 Å². The Morgan fingerprint density at radius 2 is 1.94 bits per heavy atom. The Morgan fingerprint density at radius 3 is 2.35 bits per heavy atom. The Hall–Kier alpha value is -0.780. The van der Waals surface area contributed by atoms with Gasteiger partial charge in [0, 0.05) is 5.41 Å². The molecule has 1 amide bonds. The van der Waals surface area contributed by atoms with Crippen LogP contribution < -0.4 is 5.32 Å². The lowest BCUT2D eigenvalue weighted by Gasteiger charge is -2.27. The van der Waals surface area contributed by atoms with E-state index in [-0.39, 0.29) is 5.91 Å². The number of carbonyl (C=O) groups is 1. The van der Waals surface area contributed by atoms with Crippen LogP contribution in [0.2, 0.25) is 0 Å². The molecule has 1 fully saturated rings. The number of rotatable bonds is 4. The van der Waals surface area contributed by atoms with E-state index in [1.807, 2.05) is 6.92 Å². The average molecular weight is 253 g/mol. The van der Waals surface area contributed by atoms with Gasteiger partial charge in [-0.2, -0.15) is 13.2 Å². The van der Waals surface area contributed by atoms with Crippen molar-refractivity contribution in [3.8, 4) is 0 Å². The van der Waals surface area contributed by atoms with Gasteiger partial charge in [-0.05, 0) is 19.3 Å². The van der Waals surface area contributed by atoms with E-state index in [1.165, 1.54) is 0 Å². The van der Waals surface area contributed by atoms with Crippen LogP contribution in [-0.2, 0) is 4.79 Å². The second-order valence-electron chi connectivity index (χ2n) is 4.61. The van der Waals surface area contributed by atoms with Crippen molar-refractivity contribution in [1.29, 1.82) is 0 Å². The van der Waals surface area contributed by atoms with Gasteiger partial charge in [0.15, 0.2) is 6.10 Å². The predicted octanol–water partition coefficient (Wildman–Crippen LogP) is 2.00. The standard InChI is InChI=1S/C11H18F3NO2/c1-2-10(5-3-4-6-10)9(17)15-7-8(16)11(12,13)14/h8,16H,2-7H2,1H3,(H,15,17). The van der Waals surface area contributed by atoms with Gasteiger partial charge >= 0.3 is 6.18 Å². The van der Waals surface area contributed by atoms with Crippen LogP contribution in [0.25, 0.3) is 0 Å². The van der Waals surface area contributed by atoms with E-state index >= 15 is 0 Å². The van der Waals surface area contributed by atoms with Crippen molar-refractivity contribution in [2.45, 2.75) is 51.3 Å². The van der Waals surface area contributed by atoms with Crippen LogP contribution in [0.1, 0.15) is 39.0 Å². The minimum Gasteiger partial charge on any atom is -0.382 e. The van der Waals surface area contributed by atoms with Gasteiger partial charge < -0.3 is 10.4 Å². The van der Waals surface area contributed by atoms with E-state index in [9.17, 15) is 18.0 Å². The number of amides is 1. The maximum Gasteiger partial charge on any atom is 0.416 e. The molecule has 1 atom stereocenters. The molecular weight excluding hydrogens is 235 g/mol. The molecule has 0 bridgehead atoms. The van der Waals surface area contributed by atoms with E-state index in [0.717, 1.165) is 25.7 Å². The summed E-state index contributed by atoms with van der Waals surface area (Å²) in [6.07, 6.45) is -3.23. The number of hydrogen-bond acceptors (Lipinski definition) is 2. The molecule has 0 heterocycles. The molecule has 1 aliphatic rings. The summed E-state index contributed by atoms with van der Waals surface area (Å²) in [7, 11) is 0. The largest absolute Gasteiger partial charge is 0.416 e. The molecule has 0 aromatic carbocycles. The van der Waals surface area contributed by atoms with Crippen molar-refractivity contribution in [2.75, 3.05) is 6.54 Å². The minimum absolute atomic E-state index is 0.360. The van der Waals surface area contributed by atoms with Crippen molar-refractivity contribution in [3.05, 3.63) is 0 Å². The van der Waals surface area contributed by atoms with Gasteiger partial charge in [0.1, 0.15) is 0 Å². The van der Waals surface area contributed by atoms with E-state index in [1.54, 1.807) is 0 Å². The fourth-order valence-corrected chi connectivity index (χ4v) is 2.29. The van der Waals surface area contributed by atoms with Crippen molar-refractivity contribution in [3.63, 3.8) is 0 Å². The van der Waals surface area contributed by atoms with Crippen molar-refractivity contribution >= 4 is 5.91 Å². The Balaban J connectivity index is 2.49. The predicted molar refractivity (Wildman–Crippen MR) is 56.3 cm³/mol. The molecular formula is C11H18F3NO2. The monoisotopic (exact) mass is 253 g/mol. The smallest absolute Gasteiger partial charge is 0.382 e. The molecule has 0 aliphatic heterocycles. The fraction of sp³-hybridized carbons (Fsp3) is 0.909. The summed E-state index contributed by atoms with van der Waals surface area (Å²) in [5.41, 5.74) is -0.523. The zero-order valence-corrected chi connectivity index (χ0v) is 9.81. The van der Waals surface area contributed by atoms with Crippen molar-refractivity contribution in [1.82, 2.24) is 5.32 Å². The van der Waals surface area contributed by atoms with Crippen LogP contribution >= 0.6 is 0 Å². The Morgan fingerprint density at radius 1 is 1.41 bits per heavy atom. The molecule has 0 aromatic heterocycles. The lowest BCUT2D eigenvalue weighted by Crippen LogP contribution is -2.45. The fourth-order valence-electron chi connectivity index (χ4n) is 2.29. The summed E-state index contributed by atoms with van der Waals surface area (Å²) in [6.45, 7) is 1.11. The number of aliphatic hydroxyl groups is 1. The number of hydrogen-bond donors (Lipinski definition) is 2. The van der Waals surface area contributed by atoms with Crippen LogP contribution in [0.3, 0.4) is 0 Å². The molecule has 0 aromatic rings. The average Bonchev–Trinajstić information content (AvgIpc) is 2.73. The van der Waals surface area contributed by atoms with Gasteiger partial charge in [0.2, 0.25) is 5.91 Å². The highest BCUT2D eigenvalue weighted by Gasteiger charge is 2.42. The van der Waals surface area contributed by atoms with Gasteiger partial charge in [-0.25, -0.2) is 0 Å². The number of aliphatic hydroxyl groups excluding tert-OH is 1. The molecule has 6 heteroatoms. The number of alkyl halides is 3. The summed E-state index contributed by atoms with van der Waals surface area (Å²) >= 11 is 0. The Kier molecular flexibility index (Phi) is 4.41. The number of halogens is 3. The van der Waals surface area contributed by atoms with E-state index in [0.29, 0.717) is 6.42 Å². The molecule has 2 N–H and O–H groups in total. The summed E-state index contributed by atoms with van der Waals surface area (Å²) in [5.74, 6) is -0.360. The number of carbonyl (C=O) groups excluding carboxylic acids is 1. The maximum absolute atomic E-state index is 12.1. The lowest BCUT2D eigenvalue weighted by molar-refractivity contribution is -0.202. The van der Waals surface area contributed by atoms with Crippen LogP contribution in [0, 0.1) is 5.41 Å². The van der Waals surface area contributed by atoms with Crippen molar-refractivity contribution in [2.24, 2.45) is 5.41 Å². The summed E-state index contributed by atoms with van der Waals surface area (Å²) in [6, 6.07) is 0. The topological polar surface area (TPSA) is 49.3 Å². The summed E-state index contributed by atoms with van der Waals surface area (Å²) in [5, 5.41) is 11.0. The van der Waals surface area contributed by atoms with Crippen LogP contribution in [0.5, 0.6) is 0 Å². The van der Waals surface area contributed by atoms with Gasteiger partial charge in [0.05, 0.1) is 6.54 Å². The lowest BCUT2D eigenvalue weighted by atomic mass is 9.82. The first-order valence-electron chi connectivity index (χ1n) is 5.85. The highest BCUT2D eigenvalue weighted by atomic mass is 19.4. The summed E-state index contributed by atoms with van der Waals surface area (Å²) < 4.78 is 36.2. The molecule has 0 saturated heterocycles. The molecule has 1 saturated carbocycles. The molecule has 17 heavy (non-hydrogen) atoms. The molecule has 3 nitrogen and oxygen atoms in total. The number of nitrogens with one attached hydrogen (secondary N) is 1. The molecule has 0 spiro atoms. The van der Waals surface area contributed by atoms with Crippen LogP contribution in [0.15, 0.2) is 0 Å². The maximum atomic E-state index is 12.1. The third kappa shape index (κ3) is 3.34. The van der Waals surface area contributed by atoms with Crippen LogP contribution in [-0.4, -0.2) is 29.8 Å². The quantitative estimate of drug-likeness (QED) is 0.805. The minimum atomic E-state index is -4.68. The normalized spacial score (nSPS) is 21.2. The second kappa shape index (κ2) is 5.25. The third-order valence-electron chi connectivity index (χ3n) is 3.55. The SMILES string of the molecule is CCC1(C(=O)NCC(O)C(F)(F)F)CCCC1. The Labute approximate surface area is 98.4 Å². The first kappa shape index (κ1) is 14.3. The highest BCUT2D eigenvalue weighted by molar-refractivity contribution is 5.82. The second-order valence-corrected chi connectivity index (χ2v) is 4.61. The zero-order chi connectivity index (χ0) is 13.1. The van der Waals surface area contributed by atoms with E-state index < -0.39 is 24.2 Å². The molecule has 0 radical (unpaired) electrons. The Bertz CT molecular complexity index is 272.